The zero-order valence-electron chi connectivity index (χ0n) is 11.1. The number of rotatable bonds is 8. The van der Waals surface area contributed by atoms with Crippen molar-refractivity contribution in [2.24, 2.45) is 5.92 Å². The Hall–Kier alpha value is -0.120. The maximum absolute atomic E-state index is 9.08. The summed E-state index contributed by atoms with van der Waals surface area (Å²) in [6.07, 6.45) is 4.01. The van der Waals surface area contributed by atoms with Crippen LogP contribution in [0.15, 0.2) is 0 Å². The maximum Gasteiger partial charge on any atom is 0.0558 e. The first kappa shape index (κ1) is 13.9. The minimum Gasteiger partial charge on any atom is -0.395 e. The molecule has 0 aromatic carbocycles. The average molecular weight is 228 g/mol. The Bertz CT molecular complexity index is 181. The lowest BCUT2D eigenvalue weighted by Gasteiger charge is -2.38. The van der Waals surface area contributed by atoms with E-state index in [1.54, 1.807) is 0 Å². The second-order valence-electron chi connectivity index (χ2n) is 5.47. The van der Waals surface area contributed by atoms with Crippen molar-refractivity contribution in [1.82, 2.24) is 10.2 Å². The summed E-state index contributed by atoms with van der Waals surface area (Å²) in [5.74, 6) is 0.662. The first-order valence-electron chi connectivity index (χ1n) is 6.71. The molecule has 0 spiro atoms. The van der Waals surface area contributed by atoms with E-state index in [9.17, 15) is 0 Å². The molecule has 96 valence electrons. The second kappa shape index (κ2) is 7.25. The van der Waals surface area contributed by atoms with Crippen LogP contribution in [0.1, 0.15) is 40.0 Å². The van der Waals surface area contributed by atoms with Gasteiger partial charge in [0, 0.05) is 25.2 Å². The van der Waals surface area contributed by atoms with Gasteiger partial charge in [-0.2, -0.15) is 0 Å². The van der Waals surface area contributed by atoms with Crippen molar-refractivity contribution in [3.8, 4) is 0 Å². The molecule has 0 radical (unpaired) electrons. The van der Waals surface area contributed by atoms with E-state index in [0.29, 0.717) is 18.6 Å². The molecule has 1 saturated carbocycles. The van der Waals surface area contributed by atoms with Crippen LogP contribution in [0.3, 0.4) is 0 Å². The fourth-order valence-electron chi connectivity index (χ4n) is 2.20. The van der Waals surface area contributed by atoms with E-state index in [1.165, 1.54) is 19.3 Å². The summed E-state index contributed by atoms with van der Waals surface area (Å²) in [6.45, 7) is 9.99. The van der Waals surface area contributed by atoms with E-state index in [4.69, 9.17) is 5.11 Å². The van der Waals surface area contributed by atoms with Gasteiger partial charge in [0.2, 0.25) is 0 Å². The van der Waals surface area contributed by atoms with Gasteiger partial charge < -0.3 is 10.4 Å². The predicted molar refractivity (Wildman–Crippen MR) is 68.6 cm³/mol. The van der Waals surface area contributed by atoms with Crippen LogP contribution in [0.4, 0.5) is 0 Å². The lowest BCUT2D eigenvalue weighted by atomic mass is 9.90. The van der Waals surface area contributed by atoms with Gasteiger partial charge in [-0.3, -0.25) is 4.90 Å². The average Bonchev–Trinajstić information content (AvgIpc) is 2.12. The van der Waals surface area contributed by atoms with E-state index in [-0.39, 0.29) is 0 Å². The van der Waals surface area contributed by atoms with Crippen LogP contribution < -0.4 is 5.32 Å². The first-order valence-corrected chi connectivity index (χ1v) is 6.71. The molecule has 0 aromatic rings. The van der Waals surface area contributed by atoms with Crippen LogP contribution >= 0.6 is 0 Å². The molecule has 1 rings (SSSR count). The van der Waals surface area contributed by atoms with Crippen LogP contribution in [0, 0.1) is 5.92 Å². The Morgan fingerprint density at radius 1 is 1.31 bits per heavy atom. The fraction of sp³-hybridized carbons (Fsp3) is 1.00. The van der Waals surface area contributed by atoms with Gasteiger partial charge in [-0.15, -0.1) is 0 Å². The van der Waals surface area contributed by atoms with Crippen molar-refractivity contribution in [3.05, 3.63) is 0 Å². The predicted octanol–water partition coefficient (Wildman–Crippen LogP) is 1.47. The van der Waals surface area contributed by atoms with Gasteiger partial charge in [0.05, 0.1) is 6.61 Å². The lowest BCUT2D eigenvalue weighted by Crippen LogP contribution is -2.45. The van der Waals surface area contributed by atoms with E-state index < -0.39 is 0 Å². The molecular formula is C13H28N2O. The third-order valence-corrected chi connectivity index (χ3v) is 3.40. The van der Waals surface area contributed by atoms with E-state index in [0.717, 1.165) is 25.7 Å². The van der Waals surface area contributed by atoms with Crippen LogP contribution in [0.5, 0.6) is 0 Å². The molecule has 3 heteroatoms. The normalized spacial score (nSPS) is 19.1. The first-order chi connectivity index (χ1) is 7.63. The van der Waals surface area contributed by atoms with Gasteiger partial charge in [0.1, 0.15) is 0 Å². The topological polar surface area (TPSA) is 35.5 Å². The summed E-state index contributed by atoms with van der Waals surface area (Å²) in [7, 11) is 0. The minimum atomic E-state index is 0.292. The van der Waals surface area contributed by atoms with Gasteiger partial charge >= 0.3 is 0 Å². The zero-order valence-corrected chi connectivity index (χ0v) is 11.1. The Morgan fingerprint density at radius 2 is 2.00 bits per heavy atom. The van der Waals surface area contributed by atoms with Crippen molar-refractivity contribution < 1.29 is 5.11 Å². The molecule has 0 aromatic heterocycles. The Morgan fingerprint density at radius 3 is 2.44 bits per heavy atom. The number of aliphatic hydroxyl groups excluding tert-OH is 1. The van der Waals surface area contributed by atoms with Crippen LogP contribution in [-0.2, 0) is 0 Å². The maximum atomic E-state index is 9.08. The molecule has 16 heavy (non-hydrogen) atoms. The zero-order chi connectivity index (χ0) is 12.0. The fourth-order valence-corrected chi connectivity index (χ4v) is 2.20. The van der Waals surface area contributed by atoms with Gasteiger partial charge in [0.25, 0.3) is 0 Å². The summed E-state index contributed by atoms with van der Waals surface area (Å²) < 4.78 is 0. The van der Waals surface area contributed by atoms with Gasteiger partial charge in [0.15, 0.2) is 0 Å². The Balaban J connectivity index is 2.23. The third kappa shape index (κ3) is 4.81. The lowest BCUT2D eigenvalue weighted by molar-refractivity contribution is 0.0870. The van der Waals surface area contributed by atoms with E-state index in [2.05, 4.69) is 31.0 Å². The SMILES string of the molecule is CC(CNC(C)C)CN(CCO)C1CCC1. The largest absolute Gasteiger partial charge is 0.395 e. The summed E-state index contributed by atoms with van der Waals surface area (Å²) in [5.41, 5.74) is 0. The van der Waals surface area contributed by atoms with E-state index in [1.807, 2.05) is 0 Å². The minimum absolute atomic E-state index is 0.292. The molecule has 0 aliphatic heterocycles. The van der Waals surface area contributed by atoms with Gasteiger partial charge in [-0.25, -0.2) is 0 Å². The molecular weight excluding hydrogens is 200 g/mol. The molecule has 0 bridgehead atoms. The number of nitrogens with one attached hydrogen (secondary N) is 1. The highest BCUT2D eigenvalue weighted by Gasteiger charge is 2.25. The standard InChI is InChI=1S/C13H28N2O/c1-11(2)14-9-12(3)10-15(7-8-16)13-5-4-6-13/h11-14,16H,4-10H2,1-3H3. The van der Waals surface area contributed by atoms with Gasteiger partial charge in [-0.1, -0.05) is 27.2 Å². The highest BCUT2D eigenvalue weighted by atomic mass is 16.3. The highest BCUT2D eigenvalue weighted by molar-refractivity contribution is 4.81. The monoisotopic (exact) mass is 228 g/mol. The van der Waals surface area contributed by atoms with Crippen LogP contribution in [0.2, 0.25) is 0 Å². The number of aliphatic hydroxyl groups is 1. The van der Waals surface area contributed by atoms with Crippen molar-refractivity contribution in [2.75, 3.05) is 26.2 Å². The molecule has 1 aliphatic rings. The summed E-state index contributed by atoms with van der Waals surface area (Å²) in [4.78, 5) is 2.47. The third-order valence-electron chi connectivity index (χ3n) is 3.40. The van der Waals surface area contributed by atoms with Crippen molar-refractivity contribution in [1.29, 1.82) is 0 Å². The van der Waals surface area contributed by atoms with Crippen molar-refractivity contribution >= 4 is 0 Å². The summed E-state index contributed by atoms with van der Waals surface area (Å²) in [6, 6.07) is 1.31. The number of nitrogens with zero attached hydrogens (tertiary/aromatic N) is 1. The quantitative estimate of drug-likeness (QED) is 0.660. The van der Waals surface area contributed by atoms with Crippen LogP contribution in [0.25, 0.3) is 0 Å². The molecule has 0 saturated heterocycles. The van der Waals surface area contributed by atoms with Gasteiger partial charge in [-0.05, 0) is 25.3 Å². The van der Waals surface area contributed by atoms with Crippen molar-refractivity contribution in [3.63, 3.8) is 0 Å². The molecule has 0 heterocycles. The van der Waals surface area contributed by atoms with E-state index >= 15 is 0 Å². The summed E-state index contributed by atoms with van der Waals surface area (Å²) >= 11 is 0. The van der Waals surface area contributed by atoms with Crippen molar-refractivity contribution in [2.45, 2.75) is 52.1 Å². The number of hydrogen-bond acceptors (Lipinski definition) is 3. The van der Waals surface area contributed by atoms with Crippen LogP contribution in [-0.4, -0.2) is 48.3 Å². The Kier molecular flexibility index (Phi) is 6.32. The molecule has 2 N–H and O–H groups in total. The Labute approximate surface area is 100 Å². The molecule has 1 unspecified atom stereocenters. The second-order valence-corrected chi connectivity index (χ2v) is 5.47. The molecule has 1 aliphatic carbocycles. The molecule has 1 fully saturated rings. The molecule has 3 nitrogen and oxygen atoms in total. The summed E-state index contributed by atoms with van der Waals surface area (Å²) in [5, 5.41) is 12.6. The smallest absolute Gasteiger partial charge is 0.0558 e. The number of hydrogen-bond donors (Lipinski definition) is 2. The highest BCUT2D eigenvalue weighted by Crippen LogP contribution is 2.25. The molecule has 1 atom stereocenters. The molecule has 0 amide bonds.